The number of amides is 2. The van der Waals surface area contributed by atoms with E-state index in [4.69, 9.17) is 10.6 Å². The highest BCUT2D eigenvalue weighted by Crippen LogP contribution is 2.40. The molecule has 2 amide bonds. The number of carbonyl (C=O) groups excluding carboxylic acids is 2. The number of oxime groups is 1. The third-order valence-corrected chi connectivity index (χ3v) is 7.49. The number of thioether (sulfide) groups is 1. The molecule has 5 N–H and O–H groups in total. The highest BCUT2D eigenvalue weighted by atomic mass is 32.2. The topological polar surface area (TPSA) is 206 Å². The second-order valence-electron chi connectivity index (χ2n) is 8.58. The van der Waals surface area contributed by atoms with Crippen LogP contribution in [0.25, 0.3) is 0 Å². The molecule has 1 saturated heterocycles. The van der Waals surface area contributed by atoms with Crippen LogP contribution in [0.2, 0.25) is 0 Å². The van der Waals surface area contributed by atoms with Crippen LogP contribution in [0, 0.1) is 0 Å². The van der Waals surface area contributed by atoms with Gasteiger partial charge in [0.1, 0.15) is 23.7 Å². The van der Waals surface area contributed by atoms with Crippen LogP contribution in [0.1, 0.15) is 19.7 Å². The van der Waals surface area contributed by atoms with E-state index in [1.165, 1.54) is 25.6 Å². The average molecular weight is 552 g/mol. The zero-order valence-corrected chi connectivity index (χ0v) is 21.4. The fourth-order valence-electron chi connectivity index (χ4n) is 3.54. The molecule has 2 aromatic heterocycles. The van der Waals surface area contributed by atoms with Crippen molar-refractivity contribution >= 4 is 57.9 Å². The molecule has 15 nitrogen and oxygen atoms in total. The lowest BCUT2D eigenvalue weighted by Crippen LogP contribution is -2.71. The predicted molar refractivity (Wildman–Crippen MR) is 129 cm³/mol. The molecule has 4 heterocycles. The number of fused-ring (bicyclic) bond motifs is 1. The Kier molecular flexibility index (Phi) is 6.92. The molecule has 2 aliphatic heterocycles. The number of anilines is 1. The molecule has 0 radical (unpaired) electrons. The zero-order chi connectivity index (χ0) is 27.1. The first-order valence-corrected chi connectivity index (χ1v) is 12.5. The summed E-state index contributed by atoms with van der Waals surface area (Å²) in [6.45, 7) is 2.73. The predicted octanol–water partition coefficient (Wildman–Crippen LogP) is -1.23. The van der Waals surface area contributed by atoms with Gasteiger partial charge in [-0.05, 0) is 19.4 Å². The molecule has 2 atom stereocenters. The summed E-state index contributed by atoms with van der Waals surface area (Å²) in [6.07, 6.45) is 3.60. The molecule has 0 bridgehead atoms. The monoisotopic (exact) mass is 551 g/mol. The largest absolute Gasteiger partial charge is 0.478 e. The van der Waals surface area contributed by atoms with Crippen LogP contribution >= 0.6 is 23.3 Å². The van der Waals surface area contributed by atoms with E-state index in [0.717, 1.165) is 16.4 Å². The van der Waals surface area contributed by atoms with Crippen LogP contribution in [0.15, 0.2) is 34.9 Å². The van der Waals surface area contributed by atoms with E-state index in [2.05, 4.69) is 19.8 Å². The Morgan fingerprint density at radius 1 is 1.38 bits per heavy atom. The first kappa shape index (κ1) is 26.1. The van der Waals surface area contributed by atoms with E-state index in [0.29, 0.717) is 11.3 Å². The van der Waals surface area contributed by atoms with Crippen molar-refractivity contribution in [2.45, 2.75) is 37.4 Å². The fourth-order valence-corrected chi connectivity index (χ4v) is 5.31. The molecule has 0 spiro atoms. The Bertz CT molecular complexity index is 1350. The van der Waals surface area contributed by atoms with Gasteiger partial charge in [-0.2, -0.15) is 14.0 Å². The molecular weight excluding hydrogens is 528 g/mol. The van der Waals surface area contributed by atoms with Crippen LogP contribution in [-0.4, -0.2) is 81.4 Å². The Hall–Kier alpha value is -3.99. The van der Waals surface area contributed by atoms with Gasteiger partial charge in [-0.3, -0.25) is 14.5 Å². The van der Waals surface area contributed by atoms with Gasteiger partial charge in [0.2, 0.25) is 17.1 Å². The number of aliphatic carboxylic acids is 2. The van der Waals surface area contributed by atoms with E-state index in [9.17, 15) is 29.4 Å². The maximum atomic E-state index is 13.1. The van der Waals surface area contributed by atoms with Crippen LogP contribution in [-0.2, 0) is 37.6 Å². The Morgan fingerprint density at radius 3 is 2.68 bits per heavy atom. The van der Waals surface area contributed by atoms with Crippen molar-refractivity contribution in [1.29, 1.82) is 0 Å². The second-order valence-corrected chi connectivity index (χ2v) is 10.5. The summed E-state index contributed by atoms with van der Waals surface area (Å²) in [6, 6.07) is 0.746. The molecule has 0 unspecified atom stereocenters. The van der Waals surface area contributed by atoms with Gasteiger partial charge in [-0.1, -0.05) is 5.16 Å². The molecule has 1 fully saturated rings. The number of aryl methyl sites for hydroxylation is 1. The third kappa shape index (κ3) is 4.99. The van der Waals surface area contributed by atoms with Gasteiger partial charge < -0.3 is 26.1 Å². The van der Waals surface area contributed by atoms with Gasteiger partial charge in [0.25, 0.3) is 11.8 Å². The number of hydrogen-bond acceptors (Lipinski definition) is 11. The van der Waals surface area contributed by atoms with E-state index in [1.54, 1.807) is 15.6 Å². The van der Waals surface area contributed by atoms with Gasteiger partial charge in [-0.25, -0.2) is 9.59 Å². The van der Waals surface area contributed by atoms with E-state index < -0.39 is 46.5 Å². The normalized spacial score (nSPS) is 19.8. The van der Waals surface area contributed by atoms with Gasteiger partial charge in [0, 0.05) is 23.4 Å². The van der Waals surface area contributed by atoms with E-state index in [1.807, 2.05) is 19.3 Å². The van der Waals surface area contributed by atoms with Crippen molar-refractivity contribution in [2.75, 3.05) is 11.5 Å². The molecule has 196 valence electrons. The molecule has 0 saturated carbocycles. The summed E-state index contributed by atoms with van der Waals surface area (Å²) in [5.74, 6) is -4.00. The number of nitrogen functional groups attached to an aromatic ring is 1. The molecule has 2 aromatic rings. The van der Waals surface area contributed by atoms with Crippen molar-refractivity contribution in [2.24, 2.45) is 12.2 Å². The number of hydrogen-bond donors (Lipinski definition) is 4. The molecule has 4 rings (SSSR count). The number of carbonyl (C=O) groups is 4. The Morgan fingerprint density at radius 2 is 2.11 bits per heavy atom. The number of nitrogens with two attached hydrogens (primary N) is 1. The summed E-state index contributed by atoms with van der Waals surface area (Å²) in [5.41, 5.74) is 3.77. The lowest BCUT2D eigenvalue weighted by molar-refractivity contribution is -0.752. The van der Waals surface area contributed by atoms with Crippen LogP contribution < -0.4 is 15.7 Å². The van der Waals surface area contributed by atoms with Crippen molar-refractivity contribution < 1.29 is 38.9 Å². The summed E-state index contributed by atoms with van der Waals surface area (Å²) < 4.78 is 7.51. The fraction of sp³-hybridized carbons (Fsp3) is 0.400. The summed E-state index contributed by atoms with van der Waals surface area (Å²) in [5, 5.41) is 24.7. The number of carboxylic acid groups (broad SMARTS) is 2. The standard InChI is InChI=1S/C20H22N8O7S2/c1-20(2,18(33)34)35-24-10(13-23-19(21)37-25-13)14(29)22-11-15(30)28-12(17(31)32)9(8-36-16(11)28)7-27-6-4-5-26(27)3/h4-6,11,16H,7-8H2,1-3H3,(H4-,21,22,23,25,29,31,32,33,34)/p+1/b24-10-/t11-,16-/m1/s1. The highest BCUT2D eigenvalue weighted by molar-refractivity contribution is 8.00. The lowest BCUT2D eigenvalue weighted by Gasteiger charge is -2.49. The smallest absolute Gasteiger partial charge is 0.352 e. The molecule has 0 aliphatic carbocycles. The number of nitrogens with zero attached hydrogens (tertiary/aromatic N) is 6. The molecule has 0 aromatic carbocycles. The molecular formula is C20H23N8O7S2+. The van der Waals surface area contributed by atoms with Crippen LogP contribution in [0.5, 0.6) is 0 Å². The SMILES string of the molecule is C[n+]1cccn1CC1=C(C(=O)O)N2C(=O)[C@@H](NC(=O)/C(=N\OC(C)(C)C(=O)O)c3nsc(N)n3)[C@H]2SC1. The first-order valence-electron chi connectivity index (χ1n) is 10.7. The van der Waals surface area contributed by atoms with E-state index >= 15 is 0 Å². The van der Waals surface area contributed by atoms with Crippen LogP contribution in [0.4, 0.5) is 5.13 Å². The van der Waals surface area contributed by atoms with Gasteiger partial charge in [-0.15, -0.1) is 16.4 Å². The summed E-state index contributed by atoms with van der Waals surface area (Å²) in [7, 11) is 1.81. The minimum absolute atomic E-state index is 0.0292. The highest BCUT2D eigenvalue weighted by Gasteiger charge is 2.54. The molecule has 2 aliphatic rings. The zero-order valence-electron chi connectivity index (χ0n) is 19.8. The summed E-state index contributed by atoms with van der Waals surface area (Å²) in [4.78, 5) is 59.7. The van der Waals surface area contributed by atoms with E-state index in [-0.39, 0.29) is 23.2 Å². The minimum Gasteiger partial charge on any atom is -0.478 e. The Labute approximate surface area is 217 Å². The molecule has 17 heteroatoms. The van der Waals surface area contributed by atoms with Gasteiger partial charge in [0.15, 0.2) is 18.4 Å². The number of carboxylic acids is 2. The lowest BCUT2D eigenvalue weighted by atomic mass is 10.0. The quantitative estimate of drug-likeness (QED) is 0.126. The first-order chi connectivity index (χ1) is 17.4. The molecule has 37 heavy (non-hydrogen) atoms. The number of nitrogens with one attached hydrogen (secondary N) is 1. The summed E-state index contributed by atoms with van der Waals surface area (Å²) >= 11 is 2.09. The Balaban J connectivity index is 1.56. The minimum atomic E-state index is -1.77. The number of rotatable bonds is 9. The van der Waals surface area contributed by atoms with Gasteiger partial charge in [0.05, 0.1) is 6.20 Å². The van der Waals surface area contributed by atoms with Gasteiger partial charge >= 0.3 is 11.9 Å². The number of β-lactam (4-membered cyclic amide) rings is 1. The van der Waals surface area contributed by atoms with Crippen molar-refractivity contribution in [3.8, 4) is 0 Å². The average Bonchev–Trinajstić information content (AvgIpc) is 3.44. The van der Waals surface area contributed by atoms with Crippen molar-refractivity contribution in [1.82, 2.24) is 24.3 Å². The number of aromatic nitrogens is 4. The second kappa shape index (κ2) is 9.81. The van der Waals surface area contributed by atoms with Crippen molar-refractivity contribution in [3.05, 3.63) is 35.6 Å². The van der Waals surface area contributed by atoms with Crippen LogP contribution in [0.3, 0.4) is 0 Å². The maximum absolute atomic E-state index is 13.1. The maximum Gasteiger partial charge on any atom is 0.352 e. The third-order valence-electron chi connectivity index (χ3n) is 5.60. The van der Waals surface area contributed by atoms with Crippen molar-refractivity contribution in [3.63, 3.8) is 0 Å².